The number of anilines is 1. The van der Waals surface area contributed by atoms with Crippen molar-refractivity contribution in [2.24, 2.45) is 0 Å². The minimum Gasteiger partial charge on any atom is -0.483 e. The van der Waals surface area contributed by atoms with Gasteiger partial charge >= 0.3 is 0 Å². The lowest BCUT2D eigenvalue weighted by atomic mass is 10.1. The number of para-hydroxylation sites is 1. The van der Waals surface area contributed by atoms with Crippen LogP contribution in [0.4, 0.5) is 5.69 Å². The zero-order valence-corrected chi connectivity index (χ0v) is 17.8. The summed E-state index contributed by atoms with van der Waals surface area (Å²) in [6.45, 7) is 1.94. The predicted octanol–water partition coefficient (Wildman–Crippen LogP) is 6.44. The largest absolute Gasteiger partial charge is 0.483 e. The Bertz CT molecular complexity index is 1370. The van der Waals surface area contributed by atoms with Crippen molar-refractivity contribution in [1.82, 2.24) is 4.98 Å². The van der Waals surface area contributed by atoms with Crippen LogP contribution in [-0.4, -0.2) is 17.5 Å². The molecule has 5 rings (SSSR count). The Balaban J connectivity index is 1.29. The second-order valence-corrected chi connectivity index (χ2v) is 8.36. The third-order valence-corrected chi connectivity index (χ3v) is 6.24. The summed E-state index contributed by atoms with van der Waals surface area (Å²) in [6.07, 6.45) is 0. The summed E-state index contributed by atoms with van der Waals surface area (Å²) in [5, 5.41) is 6.01. The lowest BCUT2D eigenvalue weighted by molar-refractivity contribution is -0.118. The number of hydrogen-bond donors (Lipinski definition) is 1. The molecule has 0 fully saturated rings. The van der Waals surface area contributed by atoms with Crippen LogP contribution in [0.1, 0.15) is 5.56 Å². The standard InChI is InChI=1S/C26H20N2O2S/c1-17-15-19(26-28-22-10-4-5-12-24(22)31-26)13-14-21(17)27-25(29)16-30-23-11-6-8-18-7-2-3-9-20(18)23/h2-15H,16H2,1H3,(H,27,29). The predicted molar refractivity (Wildman–Crippen MR) is 128 cm³/mol. The summed E-state index contributed by atoms with van der Waals surface area (Å²) in [4.78, 5) is 17.2. The molecule has 5 aromatic rings. The average molecular weight is 425 g/mol. The number of benzene rings is 4. The topological polar surface area (TPSA) is 51.2 Å². The number of fused-ring (bicyclic) bond motifs is 2. The number of rotatable bonds is 5. The van der Waals surface area contributed by atoms with E-state index in [0.29, 0.717) is 5.75 Å². The van der Waals surface area contributed by atoms with Crippen LogP contribution in [0.5, 0.6) is 5.75 Å². The van der Waals surface area contributed by atoms with E-state index in [2.05, 4.69) is 17.4 Å². The van der Waals surface area contributed by atoms with Gasteiger partial charge in [0.05, 0.1) is 10.2 Å². The van der Waals surface area contributed by atoms with E-state index >= 15 is 0 Å². The first-order chi connectivity index (χ1) is 15.2. The van der Waals surface area contributed by atoms with E-state index < -0.39 is 0 Å². The van der Waals surface area contributed by atoms with E-state index in [1.54, 1.807) is 11.3 Å². The molecule has 1 N–H and O–H groups in total. The van der Waals surface area contributed by atoms with Crippen LogP contribution < -0.4 is 10.1 Å². The molecule has 1 amide bonds. The third kappa shape index (κ3) is 4.00. The van der Waals surface area contributed by atoms with Crippen LogP contribution >= 0.6 is 11.3 Å². The molecule has 152 valence electrons. The second-order valence-electron chi connectivity index (χ2n) is 7.33. The fourth-order valence-electron chi connectivity index (χ4n) is 3.58. The van der Waals surface area contributed by atoms with Gasteiger partial charge < -0.3 is 10.1 Å². The zero-order chi connectivity index (χ0) is 21.2. The van der Waals surface area contributed by atoms with Gasteiger partial charge in [-0.25, -0.2) is 4.98 Å². The first-order valence-electron chi connectivity index (χ1n) is 10.0. The van der Waals surface area contributed by atoms with E-state index in [0.717, 1.165) is 42.8 Å². The number of carbonyl (C=O) groups is 1. The molecule has 0 bridgehead atoms. The summed E-state index contributed by atoms with van der Waals surface area (Å²) in [6, 6.07) is 27.9. The normalized spacial score (nSPS) is 11.0. The molecule has 0 aliphatic carbocycles. The molecule has 1 aromatic heterocycles. The zero-order valence-electron chi connectivity index (χ0n) is 17.0. The SMILES string of the molecule is Cc1cc(-c2nc3ccccc3s2)ccc1NC(=O)COc1cccc2ccccc12. The Hall–Kier alpha value is -3.70. The molecule has 31 heavy (non-hydrogen) atoms. The van der Waals surface area contributed by atoms with Crippen molar-refractivity contribution in [3.05, 3.63) is 90.5 Å². The number of thiazole rings is 1. The highest BCUT2D eigenvalue weighted by molar-refractivity contribution is 7.21. The smallest absolute Gasteiger partial charge is 0.262 e. The fraction of sp³-hybridized carbons (Fsp3) is 0.0769. The highest BCUT2D eigenvalue weighted by Crippen LogP contribution is 2.32. The monoisotopic (exact) mass is 424 g/mol. The number of carbonyl (C=O) groups excluding carboxylic acids is 1. The van der Waals surface area contributed by atoms with Crippen molar-refractivity contribution in [2.75, 3.05) is 11.9 Å². The first-order valence-corrected chi connectivity index (χ1v) is 10.9. The Morgan fingerprint density at radius 1 is 0.968 bits per heavy atom. The summed E-state index contributed by atoms with van der Waals surface area (Å²) >= 11 is 1.67. The van der Waals surface area contributed by atoms with Crippen molar-refractivity contribution in [3.8, 4) is 16.3 Å². The number of amides is 1. The van der Waals surface area contributed by atoms with E-state index in [4.69, 9.17) is 9.72 Å². The molecule has 0 saturated carbocycles. The van der Waals surface area contributed by atoms with E-state index in [9.17, 15) is 4.79 Å². The van der Waals surface area contributed by atoms with Crippen LogP contribution in [0.15, 0.2) is 84.9 Å². The summed E-state index contributed by atoms with van der Waals surface area (Å²) in [5.41, 5.74) is 3.80. The number of aryl methyl sites for hydroxylation is 1. The Morgan fingerprint density at radius 3 is 2.65 bits per heavy atom. The summed E-state index contributed by atoms with van der Waals surface area (Å²) in [5.74, 6) is 0.514. The minimum atomic E-state index is -0.191. The molecule has 5 heteroatoms. The fourth-order valence-corrected chi connectivity index (χ4v) is 4.55. The highest BCUT2D eigenvalue weighted by Gasteiger charge is 2.11. The van der Waals surface area contributed by atoms with Gasteiger partial charge in [-0.3, -0.25) is 4.79 Å². The summed E-state index contributed by atoms with van der Waals surface area (Å²) < 4.78 is 6.96. The Labute approximate surface area is 184 Å². The maximum Gasteiger partial charge on any atom is 0.262 e. The lowest BCUT2D eigenvalue weighted by Crippen LogP contribution is -2.20. The van der Waals surface area contributed by atoms with Gasteiger partial charge in [0.2, 0.25) is 0 Å². The molecule has 0 unspecified atom stereocenters. The van der Waals surface area contributed by atoms with Crippen LogP contribution in [0.2, 0.25) is 0 Å². The van der Waals surface area contributed by atoms with Crippen molar-refractivity contribution in [2.45, 2.75) is 6.92 Å². The van der Waals surface area contributed by atoms with E-state index in [1.807, 2.05) is 79.7 Å². The van der Waals surface area contributed by atoms with E-state index in [-0.39, 0.29) is 12.5 Å². The molecule has 0 radical (unpaired) electrons. The second kappa shape index (κ2) is 8.20. The molecule has 4 nitrogen and oxygen atoms in total. The van der Waals surface area contributed by atoms with Crippen LogP contribution in [-0.2, 0) is 4.79 Å². The molecule has 1 heterocycles. The maximum absolute atomic E-state index is 12.5. The quantitative estimate of drug-likeness (QED) is 0.353. The molecule has 0 aliphatic heterocycles. The number of hydrogen-bond acceptors (Lipinski definition) is 4. The molecule has 0 atom stereocenters. The number of nitrogens with zero attached hydrogens (tertiary/aromatic N) is 1. The van der Waals surface area contributed by atoms with E-state index in [1.165, 1.54) is 0 Å². The van der Waals surface area contributed by atoms with Crippen molar-refractivity contribution >= 4 is 43.9 Å². The van der Waals surface area contributed by atoms with Crippen molar-refractivity contribution in [3.63, 3.8) is 0 Å². The van der Waals surface area contributed by atoms with Crippen molar-refractivity contribution < 1.29 is 9.53 Å². The maximum atomic E-state index is 12.5. The molecule has 4 aromatic carbocycles. The Kier molecular flexibility index (Phi) is 5.10. The van der Waals surface area contributed by atoms with Crippen LogP contribution in [0, 0.1) is 6.92 Å². The van der Waals surface area contributed by atoms with Gasteiger partial charge in [-0.2, -0.15) is 0 Å². The van der Waals surface area contributed by atoms with Gasteiger partial charge in [0.15, 0.2) is 6.61 Å². The molecule has 0 aliphatic rings. The van der Waals surface area contributed by atoms with Gasteiger partial charge in [-0.15, -0.1) is 11.3 Å². The number of ether oxygens (including phenoxy) is 1. The van der Waals surface area contributed by atoms with Crippen molar-refractivity contribution in [1.29, 1.82) is 0 Å². The first kappa shape index (κ1) is 19.3. The van der Waals surface area contributed by atoms with Crippen LogP contribution in [0.25, 0.3) is 31.6 Å². The van der Waals surface area contributed by atoms with Crippen LogP contribution in [0.3, 0.4) is 0 Å². The average Bonchev–Trinajstić information content (AvgIpc) is 3.23. The molecule has 0 saturated heterocycles. The van der Waals surface area contributed by atoms with Gasteiger partial charge in [0, 0.05) is 16.6 Å². The van der Waals surface area contributed by atoms with Gasteiger partial charge in [0.25, 0.3) is 5.91 Å². The molecular weight excluding hydrogens is 404 g/mol. The van der Waals surface area contributed by atoms with Gasteiger partial charge in [-0.05, 0) is 54.3 Å². The molecular formula is C26H20N2O2S. The third-order valence-electron chi connectivity index (χ3n) is 5.15. The van der Waals surface area contributed by atoms with Gasteiger partial charge in [-0.1, -0.05) is 48.5 Å². The Morgan fingerprint density at radius 2 is 1.77 bits per heavy atom. The summed E-state index contributed by atoms with van der Waals surface area (Å²) in [7, 11) is 0. The van der Waals surface area contributed by atoms with Gasteiger partial charge in [0.1, 0.15) is 10.8 Å². The number of aromatic nitrogens is 1. The lowest BCUT2D eigenvalue weighted by Gasteiger charge is -2.12. The highest BCUT2D eigenvalue weighted by atomic mass is 32.1. The number of nitrogens with one attached hydrogen (secondary N) is 1. The minimum absolute atomic E-state index is 0.0485. The molecule has 0 spiro atoms.